The molecule has 4 N–H and O–H groups in total. The lowest BCUT2D eigenvalue weighted by molar-refractivity contribution is -0.122. The van der Waals surface area contributed by atoms with E-state index in [-0.39, 0.29) is 0 Å². The normalized spacial score (nSPS) is 22.6. The molecular formula is C14H29N3O2. The number of rotatable bonds is 9. The second-order valence-corrected chi connectivity index (χ2v) is 5.77. The van der Waals surface area contributed by atoms with Crippen molar-refractivity contribution in [2.75, 3.05) is 26.2 Å². The van der Waals surface area contributed by atoms with Crippen molar-refractivity contribution in [3.05, 3.63) is 0 Å². The van der Waals surface area contributed by atoms with Crippen LogP contribution in [0.15, 0.2) is 0 Å². The third kappa shape index (κ3) is 5.89. The predicted octanol–water partition coefficient (Wildman–Crippen LogP) is 0.860. The molecule has 5 nitrogen and oxygen atoms in total. The fraction of sp³-hybridized carbons (Fsp3) is 0.929. The van der Waals surface area contributed by atoms with Crippen LogP contribution < -0.4 is 11.5 Å². The SMILES string of the molecule is CCN(CCCCC(C)(N)C(N)=O)CC1CCCO1. The minimum atomic E-state index is -0.869. The average molecular weight is 271 g/mol. The molecule has 1 rings (SSSR count). The summed E-state index contributed by atoms with van der Waals surface area (Å²) < 4.78 is 5.65. The Hall–Kier alpha value is -0.650. The van der Waals surface area contributed by atoms with Gasteiger partial charge >= 0.3 is 0 Å². The minimum Gasteiger partial charge on any atom is -0.377 e. The van der Waals surface area contributed by atoms with Gasteiger partial charge in [0.2, 0.25) is 5.91 Å². The lowest BCUT2D eigenvalue weighted by Gasteiger charge is -2.25. The van der Waals surface area contributed by atoms with Gasteiger partial charge in [-0.1, -0.05) is 6.92 Å². The van der Waals surface area contributed by atoms with Gasteiger partial charge in [-0.25, -0.2) is 0 Å². The second kappa shape index (κ2) is 7.82. The first-order valence-corrected chi connectivity index (χ1v) is 7.38. The molecule has 0 saturated carbocycles. The fourth-order valence-electron chi connectivity index (χ4n) is 2.41. The Morgan fingerprint density at radius 3 is 2.74 bits per heavy atom. The van der Waals surface area contributed by atoms with Gasteiger partial charge in [0.15, 0.2) is 0 Å². The molecule has 1 amide bonds. The third-order valence-corrected chi connectivity index (χ3v) is 3.92. The highest BCUT2D eigenvalue weighted by Crippen LogP contribution is 2.14. The molecule has 0 bridgehead atoms. The molecule has 5 heteroatoms. The molecule has 0 aromatic heterocycles. The summed E-state index contributed by atoms with van der Waals surface area (Å²) in [7, 11) is 0. The molecule has 1 aliphatic heterocycles. The standard InChI is InChI=1S/C14H29N3O2/c1-3-17(11-12-7-6-10-19-12)9-5-4-8-14(2,16)13(15)18/h12H,3-11,16H2,1-2H3,(H2,15,18). The van der Waals surface area contributed by atoms with Crippen molar-refractivity contribution in [1.82, 2.24) is 4.90 Å². The van der Waals surface area contributed by atoms with Crippen LogP contribution in [0.3, 0.4) is 0 Å². The lowest BCUT2D eigenvalue weighted by Crippen LogP contribution is -2.49. The number of amides is 1. The molecule has 1 heterocycles. The molecule has 0 aliphatic carbocycles. The van der Waals surface area contributed by atoms with Crippen LogP contribution in [0.25, 0.3) is 0 Å². The first-order chi connectivity index (χ1) is 8.95. The molecule has 0 spiro atoms. The van der Waals surface area contributed by atoms with E-state index in [2.05, 4.69) is 11.8 Å². The maximum absolute atomic E-state index is 11.1. The van der Waals surface area contributed by atoms with Gasteiger partial charge in [-0.3, -0.25) is 4.79 Å². The molecular weight excluding hydrogens is 242 g/mol. The third-order valence-electron chi connectivity index (χ3n) is 3.92. The van der Waals surface area contributed by atoms with E-state index in [1.165, 1.54) is 12.8 Å². The van der Waals surface area contributed by atoms with Crippen LogP contribution in [0, 0.1) is 0 Å². The number of unbranched alkanes of at least 4 members (excludes halogenated alkanes) is 1. The molecule has 0 aromatic carbocycles. The van der Waals surface area contributed by atoms with Gasteiger partial charge in [-0.2, -0.15) is 0 Å². The average Bonchev–Trinajstić information content (AvgIpc) is 2.85. The number of likely N-dealkylation sites (N-methyl/N-ethyl adjacent to an activating group) is 1. The van der Waals surface area contributed by atoms with Crippen molar-refractivity contribution in [3.8, 4) is 0 Å². The zero-order valence-electron chi connectivity index (χ0n) is 12.4. The molecule has 1 saturated heterocycles. The highest BCUT2D eigenvalue weighted by molar-refractivity contribution is 5.83. The summed E-state index contributed by atoms with van der Waals surface area (Å²) in [4.78, 5) is 13.5. The van der Waals surface area contributed by atoms with Crippen molar-refractivity contribution in [2.24, 2.45) is 11.5 Å². The van der Waals surface area contributed by atoms with E-state index in [0.717, 1.165) is 39.1 Å². The van der Waals surface area contributed by atoms with E-state index in [4.69, 9.17) is 16.2 Å². The molecule has 0 radical (unpaired) electrons. The Balaban J connectivity index is 2.17. The molecule has 112 valence electrons. The number of ether oxygens (including phenoxy) is 1. The van der Waals surface area contributed by atoms with Crippen molar-refractivity contribution < 1.29 is 9.53 Å². The van der Waals surface area contributed by atoms with Crippen molar-refractivity contribution >= 4 is 5.91 Å². The summed E-state index contributed by atoms with van der Waals surface area (Å²) in [5, 5.41) is 0. The number of primary amides is 1. The number of nitrogens with two attached hydrogens (primary N) is 2. The second-order valence-electron chi connectivity index (χ2n) is 5.77. The Kier molecular flexibility index (Phi) is 6.75. The maximum atomic E-state index is 11.1. The largest absolute Gasteiger partial charge is 0.377 e. The zero-order chi connectivity index (χ0) is 14.3. The summed E-state index contributed by atoms with van der Waals surface area (Å²) in [6, 6.07) is 0. The van der Waals surface area contributed by atoms with Crippen molar-refractivity contribution in [3.63, 3.8) is 0 Å². The fourth-order valence-corrected chi connectivity index (χ4v) is 2.41. The topological polar surface area (TPSA) is 81.6 Å². The van der Waals surface area contributed by atoms with Crippen LogP contribution in [0.5, 0.6) is 0 Å². The van der Waals surface area contributed by atoms with Gasteiger partial charge in [0.05, 0.1) is 11.6 Å². The highest BCUT2D eigenvalue weighted by atomic mass is 16.5. The quantitative estimate of drug-likeness (QED) is 0.609. The number of hydrogen-bond donors (Lipinski definition) is 2. The number of hydrogen-bond acceptors (Lipinski definition) is 4. The summed E-state index contributed by atoms with van der Waals surface area (Å²) in [6.45, 7) is 7.88. The van der Waals surface area contributed by atoms with Gasteiger partial charge in [0, 0.05) is 13.2 Å². The molecule has 1 aliphatic rings. The summed E-state index contributed by atoms with van der Waals surface area (Å²) in [6.07, 6.45) is 5.40. The Bertz CT molecular complexity index is 276. The van der Waals surface area contributed by atoms with E-state index in [9.17, 15) is 4.79 Å². The Morgan fingerprint density at radius 1 is 1.47 bits per heavy atom. The van der Waals surface area contributed by atoms with E-state index in [1.807, 2.05) is 0 Å². The Morgan fingerprint density at radius 2 is 2.21 bits per heavy atom. The van der Waals surface area contributed by atoms with Crippen LogP contribution in [-0.2, 0) is 9.53 Å². The molecule has 2 atom stereocenters. The lowest BCUT2D eigenvalue weighted by atomic mass is 9.95. The monoisotopic (exact) mass is 271 g/mol. The highest BCUT2D eigenvalue weighted by Gasteiger charge is 2.24. The smallest absolute Gasteiger partial charge is 0.237 e. The Labute approximate surface area is 116 Å². The van der Waals surface area contributed by atoms with E-state index in [0.29, 0.717) is 12.5 Å². The zero-order valence-corrected chi connectivity index (χ0v) is 12.4. The molecule has 19 heavy (non-hydrogen) atoms. The molecule has 1 fully saturated rings. The molecule has 0 aromatic rings. The summed E-state index contributed by atoms with van der Waals surface area (Å²) >= 11 is 0. The minimum absolute atomic E-state index is 0.408. The van der Waals surface area contributed by atoms with Gasteiger partial charge in [0.25, 0.3) is 0 Å². The van der Waals surface area contributed by atoms with Crippen LogP contribution >= 0.6 is 0 Å². The number of carbonyl (C=O) groups excluding carboxylic acids is 1. The van der Waals surface area contributed by atoms with Gasteiger partial charge in [-0.05, 0) is 52.1 Å². The van der Waals surface area contributed by atoms with Gasteiger partial charge in [-0.15, -0.1) is 0 Å². The maximum Gasteiger partial charge on any atom is 0.237 e. The predicted molar refractivity (Wildman–Crippen MR) is 76.7 cm³/mol. The van der Waals surface area contributed by atoms with Crippen molar-refractivity contribution in [1.29, 1.82) is 0 Å². The first-order valence-electron chi connectivity index (χ1n) is 7.38. The van der Waals surface area contributed by atoms with Crippen LogP contribution in [-0.4, -0.2) is 48.7 Å². The van der Waals surface area contributed by atoms with Crippen LogP contribution in [0.2, 0.25) is 0 Å². The van der Waals surface area contributed by atoms with Gasteiger partial charge in [0.1, 0.15) is 0 Å². The van der Waals surface area contributed by atoms with Crippen LogP contribution in [0.1, 0.15) is 46.0 Å². The van der Waals surface area contributed by atoms with Crippen molar-refractivity contribution in [2.45, 2.75) is 57.6 Å². The summed E-state index contributed by atoms with van der Waals surface area (Å²) in [5.74, 6) is -0.417. The first kappa shape index (κ1) is 16.4. The van der Waals surface area contributed by atoms with E-state index >= 15 is 0 Å². The molecule has 2 unspecified atom stereocenters. The van der Waals surface area contributed by atoms with E-state index in [1.54, 1.807) is 6.92 Å². The van der Waals surface area contributed by atoms with E-state index < -0.39 is 11.4 Å². The van der Waals surface area contributed by atoms with Gasteiger partial charge < -0.3 is 21.1 Å². The number of nitrogens with zero attached hydrogens (tertiary/aromatic N) is 1. The number of carbonyl (C=O) groups is 1. The van der Waals surface area contributed by atoms with Crippen LogP contribution in [0.4, 0.5) is 0 Å². The summed E-state index contributed by atoms with van der Waals surface area (Å²) in [5.41, 5.74) is 10.2.